The van der Waals surface area contributed by atoms with Crippen LogP contribution in [0.1, 0.15) is 43.5 Å². The van der Waals surface area contributed by atoms with Crippen molar-refractivity contribution in [3.63, 3.8) is 0 Å². The number of hydrogen-bond acceptors (Lipinski definition) is 10. The normalized spacial score (nSPS) is 13.4. The van der Waals surface area contributed by atoms with Crippen molar-refractivity contribution >= 4 is 16.9 Å². The molecular formula is C24H26N6O6. The fourth-order valence-electron chi connectivity index (χ4n) is 4.35. The molecule has 0 fully saturated rings. The maximum Gasteiger partial charge on any atom is 0.327 e. The van der Waals surface area contributed by atoms with E-state index in [2.05, 4.69) is 25.4 Å². The van der Waals surface area contributed by atoms with Crippen molar-refractivity contribution < 1.29 is 23.4 Å². The quantitative estimate of drug-likeness (QED) is 0.327. The maximum atomic E-state index is 13.1. The van der Waals surface area contributed by atoms with Crippen molar-refractivity contribution in [1.29, 1.82) is 0 Å². The number of aromatic amines is 1. The van der Waals surface area contributed by atoms with Gasteiger partial charge < -0.3 is 23.6 Å². The molecule has 4 heterocycles. The van der Waals surface area contributed by atoms with Crippen LogP contribution in [0.25, 0.3) is 10.9 Å². The van der Waals surface area contributed by atoms with E-state index in [0.717, 1.165) is 11.1 Å². The van der Waals surface area contributed by atoms with Gasteiger partial charge in [-0.3, -0.25) is 14.5 Å². The molecule has 0 saturated carbocycles. The minimum atomic E-state index is -0.428. The standard InChI is InChI=1S/C24H26N6O6/c1-3-19(23-26-27-28-30(23)13-22(31)33-4-2)29(12-17-6-5-7-34-17)11-16-8-15-9-20-21(36-14-35-20)10-18(15)25-24(16)32/h5-10,19H,3-4,11-14H2,1-2H3,(H,25,32)/t19-/m0/s1. The number of carbonyl (C=O) groups is 1. The highest BCUT2D eigenvalue weighted by Gasteiger charge is 2.27. The van der Waals surface area contributed by atoms with Gasteiger partial charge in [-0.05, 0) is 48.0 Å². The van der Waals surface area contributed by atoms with Crippen LogP contribution < -0.4 is 15.0 Å². The van der Waals surface area contributed by atoms with Gasteiger partial charge in [0.2, 0.25) is 6.79 Å². The number of furan rings is 1. The molecule has 4 aromatic rings. The molecule has 1 aliphatic rings. The fraction of sp³-hybridized carbons (Fsp3) is 0.375. The lowest BCUT2D eigenvalue weighted by Crippen LogP contribution is -2.32. The average molecular weight is 495 g/mol. The van der Waals surface area contributed by atoms with Crippen molar-refractivity contribution in [3.8, 4) is 11.5 Å². The maximum absolute atomic E-state index is 13.1. The Morgan fingerprint density at radius 1 is 1.22 bits per heavy atom. The molecule has 0 radical (unpaired) electrons. The van der Waals surface area contributed by atoms with Crippen LogP contribution in [0.15, 0.2) is 45.8 Å². The SMILES string of the molecule is CCOC(=O)Cn1nnnc1[C@H](CC)N(Cc1ccco1)Cc1cc2cc3c(cc2[nH]c1=O)OCO3. The number of benzene rings is 1. The highest BCUT2D eigenvalue weighted by Crippen LogP contribution is 2.35. The third-order valence-electron chi connectivity index (χ3n) is 6.00. The van der Waals surface area contributed by atoms with Gasteiger partial charge in [-0.15, -0.1) is 5.10 Å². The van der Waals surface area contributed by atoms with Crippen molar-refractivity contribution in [3.05, 3.63) is 64.1 Å². The Morgan fingerprint density at radius 3 is 2.81 bits per heavy atom. The number of esters is 1. The first-order chi connectivity index (χ1) is 17.6. The zero-order valence-electron chi connectivity index (χ0n) is 20.0. The van der Waals surface area contributed by atoms with Crippen molar-refractivity contribution in [2.75, 3.05) is 13.4 Å². The van der Waals surface area contributed by atoms with Crippen molar-refractivity contribution in [2.24, 2.45) is 0 Å². The van der Waals surface area contributed by atoms with Crippen LogP contribution in [0.2, 0.25) is 0 Å². The lowest BCUT2D eigenvalue weighted by molar-refractivity contribution is -0.144. The van der Waals surface area contributed by atoms with E-state index in [1.165, 1.54) is 4.68 Å². The topological polar surface area (TPSA) is 138 Å². The fourth-order valence-corrected chi connectivity index (χ4v) is 4.35. The molecule has 36 heavy (non-hydrogen) atoms. The van der Waals surface area contributed by atoms with Crippen LogP contribution in [0, 0.1) is 0 Å². The van der Waals surface area contributed by atoms with E-state index in [1.807, 2.05) is 31.2 Å². The zero-order valence-corrected chi connectivity index (χ0v) is 20.0. The number of rotatable bonds is 10. The lowest BCUT2D eigenvalue weighted by Gasteiger charge is -2.29. The summed E-state index contributed by atoms with van der Waals surface area (Å²) >= 11 is 0. The number of carbonyl (C=O) groups excluding carboxylic acids is 1. The van der Waals surface area contributed by atoms with Gasteiger partial charge in [-0.1, -0.05) is 6.92 Å². The molecule has 3 aromatic heterocycles. The van der Waals surface area contributed by atoms with Gasteiger partial charge in [0.1, 0.15) is 12.3 Å². The zero-order chi connectivity index (χ0) is 25.1. The molecular weight excluding hydrogens is 468 g/mol. The Morgan fingerprint density at radius 2 is 2.06 bits per heavy atom. The van der Waals surface area contributed by atoms with E-state index in [1.54, 1.807) is 19.3 Å². The smallest absolute Gasteiger partial charge is 0.327 e. The van der Waals surface area contributed by atoms with Gasteiger partial charge in [0.25, 0.3) is 5.56 Å². The average Bonchev–Trinajstić information content (AvgIpc) is 3.62. The third-order valence-corrected chi connectivity index (χ3v) is 6.00. The highest BCUT2D eigenvalue weighted by atomic mass is 16.7. The summed E-state index contributed by atoms with van der Waals surface area (Å²) in [5, 5.41) is 12.8. The summed E-state index contributed by atoms with van der Waals surface area (Å²) in [6.07, 6.45) is 2.22. The number of ether oxygens (including phenoxy) is 3. The number of aromatic nitrogens is 5. The first-order valence-electron chi connectivity index (χ1n) is 11.7. The Bertz CT molecular complexity index is 1410. The molecule has 188 valence electrons. The van der Waals surface area contributed by atoms with E-state index in [0.29, 0.717) is 41.4 Å². The van der Waals surface area contributed by atoms with Gasteiger partial charge in [0.15, 0.2) is 17.3 Å². The number of nitrogens with zero attached hydrogens (tertiary/aromatic N) is 5. The minimum absolute atomic E-state index is 0.106. The Kier molecular flexibility index (Phi) is 6.67. The Balaban J connectivity index is 1.49. The van der Waals surface area contributed by atoms with Gasteiger partial charge in [-0.2, -0.15) is 0 Å². The van der Waals surface area contributed by atoms with Crippen molar-refractivity contribution in [2.45, 2.75) is 45.9 Å². The molecule has 1 aliphatic heterocycles. The molecule has 12 heteroatoms. The molecule has 0 bridgehead atoms. The summed E-state index contributed by atoms with van der Waals surface area (Å²) < 4.78 is 23.0. The monoisotopic (exact) mass is 494 g/mol. The van der Waals surface area contributed by atoms with E-state index < -0.39 is 5.97 Å². The Labute approximate surface area is 205 Å². The summed E-state index contributed by atoms with van der Waals surface area (Å²) in [5.74, 6) is 2.03. The summed E-state index contributed by atoms with van der Waals surface area (Å²) in [4.78, 5) is 30.2. The van der Waals surface area contributed by atoms with E-state index in [4.69, 9.17) is 18.6 Å². The van der Waals surface area contributed by atoms with E-state index >= 15 is 0 Å². The molecule has 0 spiro atoms. The summed E-state index contributed by atoms with van der Waals surface area (Å²) in [5.41, 5.74) is 0.999. The van der Waals surface area contributed by atoms with Gasteiger partial charge >= 0.3 is 5.97 Å². The third kappa shape index (κ3) is 4.80. The predicted molar refractivity (Wildman–Crippen MR) is 126 cm³/mol. The molecule has 0 amide bonds. The minimum Gasteiger partial charge on any atom is -0.468 e. The summed E-state index contributed by atoms with van der Waals surface area (Å²) in [6, 6.07) is 8.83. The number of H-pyrrole nitrogens is 1. The van der Waals surface area contributed by atoms with E-state index in [9.17, 15) is 9.59 Å². The largest absolute Gasteiger partial charge is 0.468 e. The lowest BCUT2D eigenvalue weighted by atomic mass is 10.1. The Hall–Kier alpha value is -4.19. The predicted octanol–water partition coefficient (Wildman–Crippen LogP) is 2.55. The second-order valence-corrected chi connectivity index (χ2v) is 8.32. The van der Waals surface area contributed by atoms with Crippen LogP contribution >= 0.6 is 0 Å². The number of tetrazole rings is 1. The van der Waals surface area contributed by atoms with E-state index in [-0.39, 0.29) is 38.1 Å². The van der Waals surface area contributed by atoms with Crippen LogP contribution in [0.3, 0.4) is 0 Å². The van der Waals surface area contributed by atoms with Gasteiger partial charge in [-0.25, -0.2) is 4.68 Å². The molecule has 12 nitrogen and oxygen atoms in total. The second-order valence-electron chi connectivity index (χ2n) is 8.32. The van der Waals surface area contributed by atoms with Crippen LogP contribution in [-0.2, 0) is 29.2 Å². The van der Waals surface area contributed by atoms with Crippen LogP contribution in [0.5, 0.6) is 11.5 Å². The second kappa shape index (κ2) is 10.2. The summed E-state index contributed by atoms with van der Waals surface area (Å²) in [7, 11) is 0. The molecule has 0 unspecified atom stereocenters. The molecule has 1 atom stereocenters. The van der Waals surface area contributed by atoms with Crippen molar-refractivity contribution in [1.82, 2.24) is 30.1 Å². The summed E-state index contributed by atoms with van der Waals surface area (Å²) in [6.45, 7) is 4.73. The van der Waals surface area contributed by atoms with Crippen LogP contribution in [0.4, 0.5) is 0 Å². The number of fused-ring (bicyclic) bond motifs is 2. The number of hydrogen-bond donors (Lipinski definition) is 1. The van der Waals surface area contributed by atoms with Gasteiger partial charge in [0.05, 0.1) is 31.0 Å². The van der Waals surface area contributed by atoms with Crippen LogP contribution in [-0.4, -0.2) is 49.5 Å². The first-order valence-corrected chi connectivity index (χ1v) is 11.7. The number of nitrogens with one attached hydrogen (secondary N) is 1. The molecule has 5 rings (SSSR count). The molecule has 1 aromatic carbocycles. The molecule has 1 N–H and O–H groups in total. The molecule has 0 saturated heterocycles. The highest BCUT2D eigenvalue weighted by molar-refractivity contribution is 5.83. The first kappa shape index (κ1) is 23.5. The number of pyridine rings is 1. The van der Waals surface area contributed by atoms with Gasteiger partial charge in [0, 0.05) is 23.6 Å². The molecule has 0 aliphatic carbocycles.